The molecule has 0 fully saturated rings. The summed E-state index contributed by atoms with van der Waals surface area (Å²) in [7, 11) is 1.88. The lowest BCUT2D eigenvalue weighted by atomic mass is 10.4. The summed E-state index contributed by atoms with van der Waals surface area (Å²) in [5.41, 5.74) is 0. The maximum atomic E-state index is 10.8. The molecular weight excluding hydrogens is 176 g/mol. The second-order valence-electron chi connectivity index (χ2n) is 2.59. The van der Waals surface area contributed by atoms with Gasteiger partial charge in [-0.05, 0) is 18.9 Å². The monoisotopic (exact) mass is 192 g/mol. The summed E-state index contributed by atoms with van der Waals surface area (Å²) < 4.78 is 0. The quantitative estimate of drug-likeness (QED) is 0.491. The van der Waals surface area contributed by atoms with Crippen molar-refractivity contribution in [3.05, 3.63) is 0 Å². The second-order valence-corrected chi connectivity index (χ2v) is 2.59. The minimum absolute atomic E-state index is 0.0162. The molecule has 0 aromatic heterocycles. The molecule has 0 unspecified atom stereocenters. The van der Waals surface area contributed by atoms with Crippen LogP contribution in [0.2, 0.25) is 0 Å². The molecule has 0 atom stereocenters. The van der Waals surface area contributed by atoms with E-state index in [2.05, 4.69) is 34.3 Å². The molecule has 0 rings (SSSR count). The average molecular weight is 192 g/mol. The van der Waals surface area contributed by atoms with Gasteiger partial charge in [0.05, 0.1) is 6.54 Å². The molecule has 14 heavy (non-hydrogen) atoms. The molecule has 3 heteroatoms. The fourth-order valence-corrected chi connectivity index (χ4v) is 0.650. The third kappa shape index (κ3) is 8.64. The molecule has 0 radical (unpaired) electrons. The van der Waals surface area contributed by atoms with Crippen LogP contribution in [0, 0.1) is 23.7 Å². The zero-order valence-corrected chi connectivity index (χ0v) is 8.74. The summed E-state index contributed by atoms with van der Waals surface area (Å²) in [5, 5.41) is 5.63. The van der Waals surface area contributed by atoms with E-state index >= 15 is 0 Å². The molecule has 0 saturated carbocycles. The van der Waals surface area contributed by atoms with Crippen molar-refractivity contribution >= 4 is 5.91 Å². The van der Waals surface area contributed by atoms with Crippen LogP contribution in [0.5, 0.6) is 0 Å². The highest BCUT2D eigenvalue weighted by Crippen LogP contribution is 1.72. The third-order valence-corrected chi connectivity index (χ3v) is 1.43. The average Bonchev–Trinajstić information content (AvgIpc) is 2.21. The van der Waals surface area contributed by atoms with Gasteiger partial charge >= 0.3 is 0 Å². The summed E-state index contributed by atoms with van der Waals surface area (Å²) in [6.45, 7) is 3.06. The zero-order valence-electron chi connectivity index (χ0n) is 8.74. The Labute approximate surface area is 85.6 Å². The molecule has 0 aliphatic carbocycles. The molecule has 0 aromatic carbocycles. The van der Waals surface area contributed by atoms with Gasteiger partial charge in [0.25, 0.3) is 0 Å². The van der Waals surface area contributed by atoms with Crippen LogP contribution in [0.1, 0.15) is 19.8 Å². The Kier molecular flexibility index (Phi) is 8.64. The smallest absolute Gasteiger partial charge is 0.220 e. The lowest BCUT2D eigenvalue weighted by Crippen LogP contribution is -2.22. The van der Waals surface area contributed by atoms with E-state index in [0.717, 1.165) is 13.0 Å². The molecule has 0 saturated heterocycles. The van der Waals surface area contributed by atoms with Crippen LogP contribution >= 0.6 is 0 Å². The first-order valence-corrected chi connectivity index (χ1v) is 4.68. The van der Waals surface area contributed by atoms with E-state index in [1.807, 2.05) is 7.05 Å². The lowest BCUT2D eigenvalue weighted by molar-refractivity contribution is -0.120. The van der Waals surface area contributed by atoms with E-state index < -0.39 is 0 Å². The molecule has 0 spiro atoms. The van der Waals surface area contributed by atoms with Gasteiger partial charge in [-0.2, -0.15) is 0 Å². The van der Waals surface area contributed by atoms with Crippen LogP contribution in [0.4, 0.5) is 0 Å². The Bertz CT molecular complexity index is 275. The van der Waals surface area contributed by atoms with Crippen LogP contribution in [-0.2, 0) is 4.79 Å². The summed E-state index contributed by atoms with van der Waals surface area (Å²) in [6, 6.07) is 0. The Morgan fingerprint density at radius 3 is 2.64 bits per heavy atom. The standard InChI is InChI=1S/C11H16N2O/c1-3-11(14)13-10-8-6-4-5-7-9-12-2/h12H,3,7,9-10H2,1-2H3,(H,13,14). The number of carbonyl (C=O) groups excluding carboxylic acids is 1. The van der Waals surface area contributed by atoms with Crippen molar-refractivity contribution in [3.63, 3.8) is 0 Å². The predicted molar refractivity (Wildman–Crippen MR) is 57.4 cm³/mol. The van der Waals surface area contributed by atoms with E-state index in [1.165, 1.54) is 0 Å². The summed E-state index contributed by atoms with van der Waals surface area (Å²) >= 11 is 0. The van der Waals surface area contributed by atoms with Gasteiger partial charge in [0.2, 0.25) is 5.91 Å². The summed E-state index contributed by atoms with van der Waals surface area (Å²) in [6.07, 6.45) is 1.29. The van der Waals surface area contributed by atoms with Gasteiger partial charge in [0, 0.05) is 19.4 Å². The lowest BCUT2D eigenvalue weighted by Gasteiger charge is -1.93. The molecule has 0 aliphatic heterocycles. The maximum Gasteiger partial charge on any atom is 0.220 e. The number of nitrogens with one attached hydrogen (secondary N) is 2. The Morgan fingerprint density at radius 2 is 2.00 bits per heavy atom. The van der Waals surface area contributed by atoms with Crippen molar-refractivity contribution < 1.29 is 4.79 Å². The zero-order chi connectivity index (χ0) is 10.6. The first-order chi connectivity index (χ1) is 6.81. The van der Waals surface area contributed by atoms with Crippen molar-refractivity contribution in [1.82, 2.24) is 10.6 Å². The van der Waals surface area contributed by atoms with Crippen LogP contribution in [0.15, 0.2) is 0 Å². The largest absolute Gasteiger partial charge is 0.345 e. The first-order valence-electron chi connectivity index (χ1n) is 4.68. The number of hydrogen-bond donors (Lipinski definition) is 2. The molecule has 0 heterocycles. The highest BCUT2D eigenvalue weighted by molar-refractivity contribution is 5.75. The SMILES string of the molecule is CCC(=O)NCC#CC#CCCNC. The molecule has 3 nitrogen and oxygen atoms in total. The van der Waals surface area contributed by atoms with Gasteiger partial charge in [-0.3, -0.25) is 4.79 Å². The Balaban J connectivity index is 3.51. The van der Waals surface area contributed by atoms with Gasteiger partial charge < -0.3 is 10.6 Å². The molecule has 0 bridgehead atoms. The Morgan fingerprint density at radius 1 is 1.29 bits per heavy atom. The molecule has 0 aliphatic rings. The normalized spacial score (nSPS) is 7.86. The summed E-state index contributed by atoms with van der Waals surface area (Å²) in [4.78, 5) is 10.8. The highest BCUT2D eigenvalue weighted by atomic mass is 16.1. The Hall–Kier alpha value is -1.45. The van der Waals surface area contributed by atoms with E-state index in [1.54, 1.807) is 6.92 Å². The first kappa shape index (κ1) is 12.6. The van der Waals surface area contributed by atoms with E-state index in [-0.39, 0.29) is 5.91 Å². The fraction of sp³-hybridized carbons (Fsp3) is 0.545. The maximum absolute atomic E-state index is 10.8. The molecule has 0 aromatic rings. The minimum atomic E-state index is 0.0162. The van der Waals surface area contributed by atoms with Crippen molar-refractivity contribution in [2.75, 3.05) is 20.1 Å². The minimum Gasteiger partial charge on any atom is -0.345 e. The van der Waals surface area contributed by atoms with Gasteiger partial charge in [-0.1, -0.05) is 18.8 Å². The van der Waals surface area contributed by atoms with Crippen LogP contribution < -0.4 is 10.6 Å². The van der Waals surface area contributed by atoms with Crippen molar-refractivity contribution in [2.24, 2.45) is 0 Å². The van der Waals surface area contributed by atoms with Gasteiger partial charge in [-0.25, -0.2) is 0 Å². The predicted octanol–water partition coefficient (Wildman–Crippen LogP) is 0.129. The van der Waals surface area contributed by atoms with E-state index in [0.29, 0.717) is 13.0 Å². The van der Waals surface area contributed by atoms with Gasteiger partial charge in [0.1, 0.15) is 0 Å². The number of carbonyl (C=O) groups is 1. The number of hydrogen-bond acceptors (Lipinski definition) is 2. The molecular formula is C11H16N2O. The van der Waals surface area contributed by atoms with Crippen LogP contribution in [0.25, 0.3) is 0 Å². The van der Waals surface area contributed by atoms with Crippen LogP contribution in [0.3, 0.4) is 0 Å². The van der Waals surface area contributed by atoms with Gasteiger partial charge in [-0.15, -0.1) is 0 Å². The number of rotatable bonds is 4. The molecule has 76 valence electrons. The molecule has 2 N–H and O–H groups in total. The topological polar surface area (TPSA) is 41.1 Å². The molecule has 1 amide bonds. The fourth-order valence-electron chi connectivity index (χ4n) is 0.650. The van der Waals surface area contributed by atoms with Crippen molar-refractivity contribution in [1.29, 1.82) is 0 Å². The van der Waals surface area contributed by atoms with Crippen molar-refractivity contribution in [2.45, 2.75) is 19.8 Å². The second kappa shape index (κ2) is 9.64. The van der Waals surface area contributed by atoms with Crippen LogP contribution in [-0.4, -0.2) is 26.0 Å². The van der Waals surface area contributed by atoms with E-state index in [9.17, 15) is 4.79 Å². The van der Waals surface area contributed by atoms with Gasteiger partial charge in [0.15, 0.2) is 0 Å². The highest BCUT2D eigenvalue weighted by Gasteiger charge is 1.90. The van der Waals surface area contributed by atoms with E-state index in [4.69, 9.17) is 0 Å². The number of amides is 1. The third-order valence-electron chi connectivity index (χ3n) is 1.43. The summed E-state index contributed by atoms with van der Waals surface area (Å²) in [5.74, 6) is 11.0. The van der Waals surface area contributed by atoms with Crippen molar-refractivity contribution in [3.8, 4) is 23.7 Å².